The lowest BCUT2D eigenvalue weighted by molar-refractivity contribution is -0.159. The van der Waals surface area contributed by atoms with Gasteiger partial charge in [0.1, 0.15) is 5.57 Å². The van der Waals surface area contributed by atoms with Crippen molar-refractivity contribution < 1.29 is 32.3 Å². The third kappa shape index (κ3) is 3.23. The van der Waals surface area contributed by atoms with Gasteiger partial charge in [-0.1, -0.05) is 35.5 Å². The normalized spacial score (nSPS) is 12.4. The van der Waals surface area contributed by atoms with Crippen LogP contribution in [0.15, 0.2) is 47.2 Å². The molecule has 0 radical (unpaired) electrons. The predicted molar refractivity (Wildman–Crippen MR) is 84.9 cm³/mol. The van der Waals surface area contributed by atoms with Gasteiger partial charge in [-0.3, -0.25) is 0 Å². The van der Waals surface area contributed by atoms with Gasteiger partial charge >= 0.3 is 18.0 Å². The minimum atomic E-state index is -4.75. The molecule has 0 aliphatic rings. The average Bonchev–Trinajstić information content (AvgIpc) is 3.09. The van der Waals surface area contributed by atoms with Crippen LogP contribution < -0.4 is 0 Å². The van der Waals surface area contributed by atoms with Gasteiger partial charge in [0.25, 0.3) is 0 Å². The van der Waals surface area contributed by atoms with Crippen molar-refractivity contribution in [2.45, 2.75) is 6.18 Å². The van der Waals surface area contributed by atoms with Crippen LogP contribution in [0.1, 0.15) is 11.5 Å². The number of aliphatic carboxylic acids is 1. The highest BCUT2D eigenvalue weighted by atomic mass is 19.4. The van der Waals surface area contributed by atoms with Crippen LogP contribution >= 0.6 is 0 Å². The van der Waals surface area contributed by atoms with Crippen molar-refractivity contribution in [1.82, 2.24) is 10.1 Å². The summed E-state index contributed by atoms with van der Waals surface area (Å²) in [6, 6.07) is 9.64. The number of carboxylic acids is 1. The minimum absolute atomic E-state index is 0.0978. The van der Waals surface area contributed by atoms with Gasteiger partial charge in [0.2, 0.25) is 5.82 Å². The highest BCUT2D eigenvalue weighted by Gasteiger charge is 2.38. The Morgan fingerprint density at radius 1 is 1.27 bits per heavy atom. The SMILES string of the molecule is COC=C(C(=O)O)c1cccc2ccc(-c3noc(C(F)(F)F)n3)cc12. The topological polar surface area (TPSA) is 85.5 Å². The van der Waals surface area contributed by atoms with Crippen LogP contribution in [0, 0.1) is 0 Å². The summed E-state index contributed by atoms with van der Waals surface area (Å²) in [7, 11) is 1.32. The Hall–Kier alpha value is -3.36. The second-order valence-electron chi connectivity index (χ2n) is 5.23. The van der Waals surface area contributed by atoms with E-state index in [4.69, 9.17) is 4.74 Å². The smallest absolute Gasteiger partial charge is 0.471 e. The molecule has 26 heavy (non-hydrogen) atoms. The second-order valence-corrected chi connectivity index (χ2v) is 5.23. The number of benzene rings is 2. The first-order valence-corrected chi connectivity index (χ1v) is 7.22. The highest BCUT2D eigenvalue weighted by molar-refractivity contribution is 6.19. The Kier molecular flexibility index (Phi) is 4.37. The van der Waals surface area contributed by atoms with E-state index < -0.39 is 18.0 Å². The molecule has 0 saturated carbocycles. The number of carbonyl (C=O) groups is 1. The van der Waals surface area contributed by atoms with Gasteiger partial charge in [-0.25, -0.2) is 4.79 Å². The van der Waals surface area contributed by atoms with Crippen LogP contribution in [0.5, 0.6) is 0 Å². The molecule has 9 heteroatoms. The molecule has 134 valence electrons. The number of nitrogens with zero attached hydrogens (tertiary/aromatic N) is 2. The van der Waals surface area contributed by atoms with Crippen molar-refractivity contribution in [3.05, 3.63) is 54.1 Å². The molecule has 0 bridgehead atoms. The second kappa shape index (κ2) is 6.51. The zero-order chi connectivity index (χ0) is 18.9. The maximum absolute atomic E-state index is 12.6. The zero-order valence-corrected chi connectivity index (χ0v) is 13.2. The molecule has 0 unspecified atom stereocenters. The third-order valence-electron chi connectivity index (χ3n) is 3.57. The number of carboxylic acid groups (broad SMARTS) is 1. The lowest BCUT2D eigenvalue weighted by Crippen LogP contribution is -2.04. The van der Waals surface area contributed by atoms with E-state index in [1.807, 2.05) is 0 Å². The van der Waals surface area contributed by atoms with Crippen molar-refractivity contribution in [1.29, 1.82) is 0 Å². The molecule has 0 atom stereocenters. The van der Waals surface area contributed by atoms with Gasteiger partial charge in [-0.15, -0.1) is 0 Å². The van der Waals surface area contributed by atoms with Crippen LogP contribution in [0.2, 0.25) is 0 Å². The van der Waals surface area contributed by atoms with E-state index >= 15 is 0 Å². The molecule has 0 aliphatic carbocycles. The van der Waals surface area contributed by atoms with E-state index in [0.717, 1.165) is 6.26 Å². The molecule has 0 spiro atoms. The van der Waals surface area contributed by atoms with E-state index in [1.165, 1.54) is 19.2 Å². The number of methoxy groups -OCH3 is 1. The molecule has 1 aromatic heterocycles. The van der Waals surface area contributed by atoms with Gasteiger partial charge in [0, 0.05) is 5.56 Å². The van der Waals surface area contributed by atoms with Crippen molar-refractivity contribution in [3.8, 4) is 11.4 Å². The van der Waals surface area contributed by atoms with Crippen LogP contribution in [-0.4, -0.2) is 28.3 Å². The molecule has 0 aliphatic heterocycles. The summed E-state index contributed by atoms with van der Waals surface area (Å²) in [5.41, 5.74) is 0.504. The van der Waals surface area contributed by atoms with Gasteiger partial charge in [0.05, 0.1) is 13.4 Å². The molecule has 2 aromatic carbocycles. The van der Waals surface area contributed by atoms with Crippen LogP contribution in [0.25, 0.3) is 27.7 Å². The first-order valence-electron chi connectivity index (χ1n) is 7.22. The molecule has 3 aromatic rings. The number of alkyl halides is 3. The quantitative estimate of drug-likeness (QED) is 0.557. The zero-order valence-electron chi connectivity index (χ0n) is 13.2. The van der Waals surface area contributed by atoms with Crippen LogP contribution in [-0.2, 0) is 15.7 Å². The summed E-state index contributed by atoms with van der Waals surface area (Å²) in [6.45, 7) is 0. The standard InChI is InChI=1S/C17H11F3N2O4/c1-25-8-13(15(23)24)11-4-2-3-9-5-6-10(7-12(9)11)14-21-16(26-22-14)17(18,19)20/h2-8H,1H3,(H,23,24). The fourth-order valence-electron chi connectivity index (χ4n) is 2.45. The maximum Gasteiger partial charge on any atom is 0.471 e. The van der Waals surface area contributed by atoms with E-state index in [9.17, 15) is 23.1 Å². The first kappa shape index (κ1) is 17.5. The molecular weight excluding hydrogens is 353 g/mol. The number of hydrogen-bond donors (Lipinski definition) is 1. The van der Waals surface area contributed by atoms with E-state index in [2.05, 4.69) is 14.7 Å². The molecule has 0 fully saturated rings. The van der Waals surface area contributed by atoms with Gasteiger partial charge in [0.15, 0.2) is 0 Å². The summed E-state index contributed by atoms with van der Waals surface area (Å²) < 4.78 is 46.9. The highest BCUT2D eigenvalue weighted by Crippen LogP contribution is 2.32. The summed E-state index contributed by atoms with van der Waals surface area (Å²) >= 11 is 0. The first-order chi connectivity index (χ1) is 12.3. The van der Waals surface area contributed by atoms with Crippen molar-refractivity contribution in [2.75, 3.05) is 7.11 Å². The summed E-state index contributed by atoms with van der Waals surface area (Å²) in [4.78, 5) is 14.8. The van der Waals surface area contributed by atoms with Crippen molar-refractivity contribution >= 4 is 22.3 Å². The Morgan fingerprint density at radius 3 is 2.65 bits per heavy atom. The number of rotatable bonds is 4. The molecule has 3 rings (SSSR count). The van der Waals surface area contributed by atoms with E-state index in [0.29, 0.717) is 16.3 Å². The largest absolute Gasteiger partial charge is 0.503 e. The van der Waals surface area contributed by atoms with Crippen molar-refractivity contribution in [3.63, 3.8) is 0 Å². The fraction of sp³-hybridized carbons (Fsp3) is 0.118. The monoisotopic (exact) mass is 364 g/mol. The Morgan fingerprint density at radius 2 is 2.04 bits per heavy atom. The maximum atomic E-state index is 12.6. The molecule has 1 N–H and O–H groups in total. The average molecular weight is 364 g/mol. The Balaban J connectivity index is 2.16. The molecular formula is C17H11F3N2O4. The number of hydrogen-bond acceptors (Lipinski definition) is 5. The molecule has 0 amide bonds. The number of aromatic nitrogens is 2. The van der Waals surface area contributed by atoms with Gasteiger partial charge in [-0.05, 0) is 22.4 Å². The van der Waals surface area contributed by atoms with Gasteiger partial charge < -0.3 is 14.4 Å². The van der Waals surface area contributed by atoms with Crippen LogP contribution in [0.4, 0.5) is 13.2 Å². The van der Waals surface area contributed by atoms with Crippen molar-refractivity contribution in [2.24, 2.45) is 0 Å². The number of fused-ring (bicyclic) bond motifs is 1. The minimum Gasteiger partial charge on any atom is -0.503 e. The Bertz CT molecular complexity index is 1010. The third-order valence-corrected chi connectivity index (χ3v) is 3.57. The predicted octanol–water partition coefficient (Wildman–Crippen LogP) is 3.98. The number of halogens is 3. The van der Waals surface area contributed by atoms with E-state index in [1.54, 1.807) is 24.3 Å². The molecule has 6 nitrogen and oxygen atoms in total. The molecule has 1 heterocycles. The van der Waals surface area contributed by atoms with Gasteiger partial charge in [-0.2, -0.15) is 18.2 Å². The summed E-state index contributed by atoms with van der Waals surface area (Å²) in [5, 5.41) is 13.9. The molecule has 0 saturated heterocycles. The summed E-state index contributed by atoms with van der Waals surface area (Å²) in [5.74, 6) is -2.91. The van der Waals surface area contributed by atoms with E-state index in [-0.39, 0.29) is 17.0 Å². The lowest BCUT2D eigenvalue weighted by atomic mass is 9.97. The fourth-order valence-corrected chi connectivity index (χ4v) is 2.45. The Labute approximate surface area is 144 Å². The lowest BCUT2D eigenvalue weighted by Gasteiger charge is -2.08. The van der Waals surface area contributed by atoms with Crippen LogP contribution in [0.3, 0.4) is 0 Å². The number of ether oxygens (including phenoxy) is 1. The summed E-state index contributed by atoms with van der Waals surface area (Å²) in [6.07, 6.45) is -3.66.